The van der Waals surface area contributed by atoms with Crippen LogP contribution in [-0.4, -0.2) is 47.4 Å². The monoisotopic (exact) mass is 984 g/mol. The molecule has 0 saturated heterocycles. The largest absolute Gasteiger partial charge is 0.466 e. The first-order chi connectivity index (χ1) is 34.5. The summed E-state index contributed by atoms with van der Waals surface area (Å²) in [6.45, 7) is 4.93. The van der Waals surface area contributed by atoms with E-state index < -0.39 is 12.1 Å². The summed E-state index contributed by atoms with van der Waals surface area (Å²) in [4.78, 5) is 24.5. The van der Waals surface area contributed by atoms with Gasteiger partial charge < -0.3 is 20.3 Å². The minimum Gasteiger partial charge on any atom is -0.466 e. The maximum atomic E-state index is 12.4. The maximum Gasteiger partial charge on any atom is 0.305 e. The molecule has 0 spiro atoms. The minimum atomic E-state index is -0.663. The van der Waals surface area contributed by atoms with Gasteiger partial charge in [-0.15, -0.1) is 0 Å². The van der Waals surface area contributed by atoms with E-state index in [2.05, 4.69) is 55.6 Å². The second-order valence-electron chi connectivity index (χ2n) is 21.4. The minimum absolute atomic E-state index is 0.00394. The summed E-state index contributed by atoms with van der Waals surface area (Å²) in [6, 6.07) is -0.540. The first-order valence-electron chi connectivity index (χ1n) is 31.2. The summed E-state index contributed by atoms with van der Waals surface area (Å²) in [5.74, 6) is -0.0340. The van der Waals surface area contributed by atoms with Crippen LogP contribution in [0.1, 0.15) is 335 Å². The van der Waals surface area contributed by atoms with Crippen molar-refractivity contribution in [1.82, 2.24) is 5.32 Å². The molecule has 0 aliphatic heterocycles. The molecule has 1 amide bonds. The number of hydrogen-bond acceptors (Lipinski definition) is 5. The lowest BCUT2D eigenvalue weighted by molar-refractivity contribution is -0.143. The average molecular weight is 985 g/mol. The van der Waals surface area contributed by atoms with E-state index in [0.717, 1.165) is 51.4 Å². The first kappa shape index (κ1) is 68.1. The van der Waals surface area contributed by atoms with E-state index in [1.807, 2.05) is 0 Å². The van der Waals surface area contributed by atoms with Gasteiger partial charge in [-0.2, -0.15) is 0 Å². The number of esters is 1. The fourth-order valence-corrected chi connectivity index (χ4v) is 9.61. The van der Waals surface area contributed by atoms with Gasteiger partial charge in [0.05, 0.1) is 25.4 Å². The smallest absolute Gasteiger partial charge is 0.305 e. The summed E-state index contributed by atoms with van der Waals surface area (Å²) in [5, 5.41) is 23.1. The zero-order valence-electron chi connectivity index (χ0n) is 47.0. The molecule has 70 heavy (non-hydrogen) atoms. The highest BCUT2D eigenvalue weighted by molar-refractivity contribution is 5.76. The first-order valence-corrected chi connectivity index (χ1v) is 31.2. The zero-order chi connectivity index (χ0) is 50.7. The molecule has 0 aromatic rings. The summed E-state index contributed by atoms with van der Waals surface area (Å²) >= 11 is 0. The van der Waals surface area contributed by atoms with Gasteiger partial charge in [0.2, 0.25) is 5.91 Å². The molecule has 0 saturated carbocycles. The Morgan fingerprint density at radius 1 is 0.400 bits per heavy atom. The summed E-state index contributed by atoms with van der Waals surface area (Å²) in [6.07, 6.45) is 74.6. The molecule has 0 heterocycles. The second-order valence-corrected chi connectivity index (χ2v) is 21.4. The van der Waals surface area contributed by atoms with E-state index in [4.69, 9.17) is 4.74 Å². The highest BCUT2D eigenvalue weighted by Crippen LogP contribution is 2.17. The number of aliphatic hydroxyl groups excluding tert-OH is 2. The van der Waals surface area contributed by atoms with Crippen LogP contribution in [0, 0.1) is 0 Å². The van der Waals surface area contributed by atoms with Gasteiger partial charge in [0, 0.05) is 12.8 Å². The van der Waals surface area contributed by atoms with Crippen LogP contribution in [0.25, 0.3) is 0 Å². The molecule has 6 nitrogen and oxygen atoms in total. The number of hydrogen-bond donors (Lipinski definition) is 3. The van der Waals surface area contributed by atoms with E-state index in [-0.39, 0.29) is 18.5 Å². The van der Waals surface area contributed by atoms with Crippen LogP contribution in [0.5, 0.6) is 0 Å². The molecule has 3 N–H and O–H groups in total. The Kier molecular flexibility index (Phi) is 58.0. The Hall–Kier alpha value is -1.92. The van der Waals surface area contributed by atoms with Gasteiger partial charge in [0.1, 0.15) is 0 Å². The molecule has 6 heteroatoms. The standard InChI is InChI=1S/C64H121NO5/c1-3-5-7-9-11-13-14-15-31-35-38-42-46-50-54-58-64(69)70-59-55-51-47-43-39-36-33-30-28-26-24-22-20-18-16-17-19-21-23-25-27-29-32-34-37-41-45-49-53-57-63(68)65-61(60-66)62(67)56-52-48-44-40-12-10-8-6-4-2/h15-16,18,22,24,31,61-62,66-67H,3-14,17,19-21,23,25-30,32-60H2,1-2H3,(H,65,68)/b18-16-,24-22-,31-15-. The van der Waals surface area contributed by atoms with Crippen molar-refractivity contribution in [2.45, 2.75) is 347 Å². The number of carbonyl (C=O) groups excluding carboxylic acids is 2. The van der Waals surface area contributed by atoms with Crippen LogP contribution in [0.2, 0.25) is 0 Å². The molecule has 2 unspecified atom stereocenters. The molecule has 0 rings (SSSR count). The Morgan fingerprint density at radius 3 is 1.10 bits per heavy atom. The number of amides is 1. The lowest BCUT2D eigenvalue weighted by Gasteiger charge is -2.22. The van der Waals surface area contributed by atoms with Crippen LogP contribution in [-0.2, 0) is 14.3 Å². The topological polar surface area (TPSA) is 95.9 Å². The number of nitrogens with one attached hydrogen (secondary N) is 1. The number of unbranched alkanes of at least 4 members (excludes halogenated alkanes) is 41. The van der Waals surface area contributed by atoms with Crippen LogP contribution in [0.4, 0.5) is 0 Å². The molecular weight excluding hydrogens is 863 g/mol. The lowest BCUT2D eigenvalue weighted by atomic mass is 10.0. The van der Waals surface area contributed by atoms with Crippen molar-refractivity contribution in [3.63, 3.8) is 0 Å². The molecule has 412 valence electrons. The Labute approximate surface area is 436 Å². The van der Waals surface area contributed by atoms with Crippen molar-refractivity contribution in [2.24, 2.45) is 0 Å². The van der Waals surface area contributed by atoms with Crippen molar-refractivity contribution < 1.29 is 24.5 Å². The van der Waals surface area contributed by atoms with Gasteiger partial charge in [-0.3, -0.25) is 9.59 Å². The fourth-order valence-electron chi connectivity index (χ4n) is 9.61. The molecule has 0 radical (unpaired) electrons. The van der Waals surface area contributed by atoms with Crippen molar-refractivity contribution >= 4 is 11.9 Å². The van der Waals surface area contributed by atoms with E-state index in [1.165, 1.54) is 250 Å². The number of rotatable bonds is 58. The third-order valence-electron chi connectivity index (χ3n) is 14.4. The molecule has 0 bridgehead atoms. The second kappa shape index (κ2) is 59.6. The van der Waals surface area contributed by atoms with Gasteiger partial charge in [0.15, 0.2) is 0 Å². The summed E-state index contributed by atoms with van der Waals surface area (Å²) in [7, 11) is 0. The predicted octanol–water partition coefficient (Wildman–Crippen LogP) is 19.6. The summed E-state index contributed by atoms with van der Waals surface area (Å²) < 4.78 is 5.48. The van der Waals surface area contributed by atoms with E-state index in [0.29, 0.717) is 25.9 Å². The Bertz CT molecular complexity index is 1130. The highest BCUT2D eigenvalue weighted by atomic mass is 16.5. The van der Waals surface area contributed by atoms with Crippen LogP contribution in [0.15, 0.2) is 36.5 Å². The number of ether oxygens (including phenoxy) is 1. The third-order valence-corrected chi connectivity index (χ3v) is 14.4. The fraction of sp³-hybridized carbons (Fsp3) is 0.875. The van der Waals surface area contributed by atoms with Gasteiger partial charge in [-0.1, -0.05) is 275 Å². The van der Waals surface area contributed by atoms with Gasteiger partial charge in [-0.05, 0) is 83.5 Å². The molecular formula is C64H121NO5. The van der Waals surface area contributed by atoms with Crippen LogP contribution in [0.3, 0.4) is 0 Å². The van der Waals surface area contributed by atoms with E-state index >= 15 is 0 Å². The summed E-state index contributed by atoms with van der Waals surface area (Å²) in [5.41, 5.74) is 0. The third kappa shape index (κ3) is 55.4. The Morgan fingerprint density at radius 2 is 0.714 bits per heavy atom. The van der Waals surface area contributed by atoms with Crippen molar-refractivity contribution in [3.05, 3.63) is 36.5 Å². The lowest BCUT2D eigenvalue weighted by Crippen LogP contribution is -2.45. The zero-order valence-corrected chi connectivity index (χ0v) is 47.0. The number of carbonyl (C=O) groups is 2. The van der Waals surface area contributed by atoms with Crippen LogP contribution >= 0.6 is 0 Å². The van der Waals surface area contributed by atoms with Crippen molar-refractivity contribution in [3.8, 4) is 0 Å². The SMILES string of the molecule is CCCCCCCC/C=C\CCCCCCCC(=O)OCCCCCCCCCCC/C=C\C/C=C\CCCCCCCCCCCCCCCC(=O)NC(CO)C(O)CCCCCCCCCCC. The van der Waals surface area contributed by atoms with Gasteiger partial charge in [-0.25, -0.2) is 0 Å². The normalized spacial score (nSPS) is 12.8. The van der Waals surface area contributed by atoms with Gasteiger partial charge >= 0.3 is 5.97 Å². The molecule has 0 aromatic heterocycles. The maximum absolute atomic E-state index is 12.4. The van der Waals surface area contributed by atoms with Crippen molar-refractivity contribution in [1.29, 1.82) is 0 Å². The van der Waals surface area contributed by atoms with Gasteiger partial charge in [0.25, 0.3) is 0 Å². The number of allylic oxidation sites excluding steroid dienone is 6. The Balaban J connectivity index is 3.38. The molecule has 0 aliphatic rings. The number of aliphatic hydroxyl groups is 2. The van der Waals surface area contributed by atoms with Crippen molar-refractivity contribution in [2.75, 3.05) is 13.2 Å². The predicted molar refractivity (Wildman–Crippen MR) is 306 cm³/mol. The molecule has 0 aliphatic carbocycles. The molecule has 0 fully saturated rings. The van der Waals surface area contributed by atoms with E-state index in [1.54, 1.807) is 0 Å². The molecule has 0 aromatic carbocycles. The average Bonchev–Trinajstić information content (AvgIpc) is 3.36. The van der Waals surface area contributed by atoms with Crippen LogP contribution < -0.4 is 5.32 Å². The molecule has 2 atom stereocenters. The van der Waals surface area contributed by atoms with E-state index in [9.17, 15) is 19.8 Å². The quantitative estimate of drug-likeness (QED) is 0.0321. The highest BCUT2D eigenvalue weighted by Gasteiger charge is 2.20.